The molecule has 0 aliphatic heterocycles. The van der Waals surface area contributed by atoms with Gasteiger partial charge in [0.1, 0.15) is 0 Å². The zero-order chi connectivity index (χ0) is 35.4. The quantitative estimate of drug-likeness (QED) is 0.169. The second-order valence-electron chi connectivity index (χ2n) is 15.2. The molecule has 0 bridgehead atoms. The van der Waals surface area contributed by atoms with E-state index in [2.05, 4.69) is 188 Å². The van der Waals surface area contributed by atoms with Crippen molar-refractivity contribution < 1.29 is 0 Å². The van der Waals surface area contributed by atoms with Crippen LogP contribution in [-0.2, 0) is 5.41 Å². The third-order valence-electron chi connectivity index (χ3n) is 12.3. The summed E-state index contributed by atoms with van der Waals surface area (Å²) in [5.41, 5.74) is 13.9. The van der Waals surface area contributed by atoms with Gasteiger partial charge >= 0.3 is 0 Å². The van der Waals surface area contributed by atoms with Gasteiger partial charge in [-0.05, 0) is 117 Å². The van der Waals surface area contributed by atoms with E-state index in [-0.39, 0.29) is 5.41 Å². The van der Waals surface area contributed by atoms with Crippen molar-refractivity contribution in [3.63, 3.8) is 0 Å². The van der Waals surface area contributed by atoms with Gasteiger partial charge in [0.2, 0.25) is 0 Å². The van der Waals surface area contributed by atoms with Crippen molar-refractivity contribution in [2.75, 3.05) is 4.90 Å². The fourth-order valence-corrected chi connectivity index (χ4v) is 9.69. The van der Waals surface area contributed by atoms with Crippen molar-refractivity contribution in [1.82, 2.24) is 0 Å². The van der Waals surface area contributed by atoms with E-state index in [4.69, 9.17) is 0 Å². The van der Waals surface area contributed by atoms with Gasteiger partial charge in [-0.15, -0.1) is 0 Å². The SMILES string of the molecule is CC1(c2ccccc2)c2ccccc2-c2ccc(N(c3ccc4ccccc4c3)c3ccccc3-c3cccc4cccc(C5CCCCC5)c34)cc21. The van der Waals surface area contributed by atoms with Gasteiger partial charge in [0.15, 0.2) is 0 Å². The molecule has 1 atom stereocenters. The Kier molecular flexibility index (Phi) is 7.76. The molecule has 2 aliphatic carbocycles. The van der Waals surface area contributed by atoms with Crippen LogP contribution in [0.3, 0.4) is 0 Å². The van der Waals surface area contributed by atoms with Gasteiger partial charge in [-0.25, -0.2) is 0 Å². The lowest BCUT2D eigenvalue weighted by Crippen LogP contribution is -2.22. The number of hydrogen-bond donors (Lipinski definition) is 0. The van der Waals surface area contributed by atoms with Crippen molar-refractivity contribution in [2.24, 2.45) is 0 Å². The van der Waals surface area contributed by atoms with Crippen LogP contribution in [0.5, 0.6) is 0 Å². The number of hydrogen-bond acceptors (Lipinski definition) is 1. The van der Waals surface area contributed by atoms with Gasteiger partial charge in [0.05, 0.1) is 5.69 Å². The number of nitrogens with zero attached hydrogens (tertiary/aromatic N) is 1. The third kappa shape index (κ3) is 5.21. The van der Waals surface area contributed by atoms with E-state index in [1.165, 1.54) is 104 Å². The molecule has 0 spiro atoms. The van der Waals surface area contributed by atoms with Crippen LogP contribution in [0.2, 0.25) is 0 Å². The van der Waals surface area contributed by atoms with Crippen LogP contribution in [0.15, 0.2) is 176 Å². The maximum absolute atomic E-state index is 2.51. The molecule has 0 radical (unpaired) electrons. The maximum Gasteiger partial charge on any atom is 0.0540 e. The highest BCUT2D eigenvalue weighted by Crippen LogP contribution is 2.54. The average Bonchev–Trinajstić information content (AvgIpc) is 3.49. The van der Waals surface area contributed by atoms with Crippen LogP contribution in [0.4, 0.5) is 17.1 Å². The smallest absolute Gasteiger partial charge is 0.0540 e. The predicted molar refractivity (Wildman–Crippen MR) is 225 cm³/mol. The van der Waals surface area contributed by atoms with Crippen molar-refractivity contribution >= 4 is 38.6 Å². The summed E-state index contributed by atoms with van der Waals surface area (Å²) in [7, 11) is 0. The highest BCUT2D eigenvalue weighted by molar-refractivity contribution is 6.04. The summed E-state index contributed by atoms with van der Waals surface area (Å²) >= 11 is 0. The van der Waals surface area contributed by atoms with E-state index >= 15 is 0 Å². The molecule has 0 N–H and O–H groups in total. The van der Waals surface area contributed by atoms with Crippen LogP contribution in [0, 0.1) is 0 Å². The molecule has 8 aromatic carbocycles. The number of rotatable bonds is 6. The fourth-order valence-electron chi connectivity index (χ4n) is 9.69. The number of para-hydroxylation sites is 1. The van der Waals surface area contributed by atoms with Crippen LogP contribution in [-0.4, -0.2) is 0 Å². The summed E-state index contributed by atoms with van der Waals surface area (Å²) < 4.78 is 0. The third-order valence-corrected chi connectivity index (χ3v) is 12.3. The van der Waals surface area contributed by atoms with Crippen LogP contribution in [0.1, 0.15) is 67.2 Å². The van der Waals surface area contributed by atoms with Crippen molar-refractivity contribution in [2.45, 2.75) is 50.4 Å². The predicted octanol–water partition coefficient (Wildman–Crippen LogP) is 14.5. The van der Waals surface area contributed by atoms with Gasteiger partial charge in [0.25, 0.3) is 0 Å². The van der Waals surface area contributed by atoms with E-state index in [1.807, 2.05) is 0 Å². The molecular weight excluding hydrogens is 639 g/mol. The van der Waals surface area contributed by atoms with Gasteiger partial charge < -0.3 is 4.90 Å². The van der Waals surface area contributed by atoms with E-state index in [0.29, 0.717) is 5.92 Å². The molecule has 0 saturated heterocycles. The van der Waals surface area contributed by atoms with E-state index in [0.717, 1.165) is 11.4 Å². The monoisotopic (exact) mass is 681 g/mol. The maximum atomic E-state index is 2.51. The molecule has 10 rings (SSSR count). The normalized spacial score (nSPS) is 16.8. The molecule has 53 heavy (non-hydrogen) atoms. The Labute approximate surface area is 313 Å². The molecular formula is C52H43N. The zero-order valence-corrected chi connectivity index (χ0v) is 30.3. The highest BCUT2D eigenvalue weighted by Gasteiger charge is 2.41. The fraction of sp³-hybridized carbons (Fsp3) is 0.154. The van der Waals surface area contributed by atoms with Crippen molar-refractivity contribution in [3.8, 4) is 22.3 Å². The Morgan fingerprint density at radius 2 is 1.08 bits per heavy atom. The summed E-state index contributed by atoms with van der Waals surface area (Å²) in [4.78, 5) is 2.51. The molecule has 1 nitrogen and oxygen atoms in total. The summed E-state index contributed by atoms with van der Waals surface area (Å²) in [5, 5.41) is 5.22. The number of anilines is 3. The molecule has 1 unspecified atom stereocenters. The molecule has 0 heterocycles. The Balaban J connectivity index is 1.22. The van der Waals surface area contributed by atoms with Crippen molar-refractivity contribution in [3.05, 3.63) is 198 Å². The lowest BCUT2D eigenvalue weighted by Gasteiger charge is -2.32. The van der Waals surface area contributed by atoms with Gasteiger partial charge in [0, 0.05) is 22.4 Å². The number of benzene rings is 8. The molecule has 8 aromatic rings. The minimum Gasteiger partial charge on any atom is -0.310 e. The molecule has 256 valence electrons. The van der Waals surface area contributed by atoms with Gasteiger partial charge in [-0.1, -0.05) is 165 Å². The summed E-state index contributed by atoms with van der Waals surface area (Å²) in [5.74, 6) is 0.603. The lowest BCUT2D eigenvalue weighted by atomic mass is 9.74. The Hall–Kier alpha value is -5.92. The Morgan fingerprint density at radius 3 is 1.92 bits per heavy atom. The second kappa shape index (κ2) is 12.9. The lowest BCUT2D eigenvalue weighted by molar-refractivity contribution is 0.445. The summed E-state index contributed by atoms with van der Waals surface area (Å²) in [6.45, 7) is 2.41. The summed E-state index contributed by atoms with van der Waals surface area (Å²) in [6.07, 6.45) is 6.54. The summed E-state index contributed by atoms with van der Waals surface area (Å²) in [6, 6.07) is 65.9. The highest BCUT2D eigenvalue weighted by atomic mass is 15.1. The molecule has 0 aromatic heterocycles. The Bertz CT molecular complexity index is 2620. The Morgan fingerprint density at radius 1 is 0.453 bits per heavy atom. The first kappa shape index (κ1) is 31.8. The van der Waals surface area contributed by atoms with Crippen LogP contribution in [0.25, 0.3) is 43.8 Å². The van der Waals surface area contributed by atoms with E-state index in [1.54, 1.807) is 0 Å². The van der Waals surface area contributed by atoms with E-state index < -0.39 is 0 Å². The molecule has 1 fully saturated rings. The minimum absolute atomic E-state index is 0.289. The molecule has 0 amide bonds. The first-order chi connectivity index (χ1) is 26.2. The molecule has 1 heteroatoms. The first-order valence-electron chi connectivity index (χ1n) is 19.4. The van der Waals surface area contributed by atoms with Gasteiger partial charge in [-0.3, -0.25) is 0 Å². The largest absolute Gasteiger partial charge is 0.310 e. The second-order valence-corrected chi connectivity index (χ2v) is 15.2. The number of fused-ring (bicyclic) bond motifs is 5. The van der Waals surface area contributed by atoms with E-state index in [9.17, 15) is 0 Å². The minimum atomic E-state index is -0.289. The van der Waals surface area contributed by atoms with Crippen LogP contribution < -0.4 is 4.90 Å². The van der Waals surface area contributed by atoms with Crippen molar-refractivity contribution in [1.29, 1.82) is 0 Å². The standard InChI is InChI=1S/C52H43N/c1-52(40-22-6-3-7-23-40)48-28-12-10-24-44(48)45-33-32-42(35-49(45)52)53(41-31-30-36-16-8-9-19-39(36)34-41)50-29-13-11-25-46(50)47-27-15-21-38-20-14-26-43(51(38)47)37-17-4-2-5-18-37/h3,6-16,19-35,37H,2,4-5,17-18H2,1H3. The molecule has 2 aliphatic rings. The zero-order valence-electron chi connectivity index (χ0n) is 30.3. The first-order valence-corrected chi connectivity index (χ1v) is 19.4. The average molecular weight is 682 g/mol. The van der Waals surface area contributed by atoms with Gasteiger partial charge in [-0.2, -0.15) is 0 Å². The van der Waals surface area contributed by atoms with Crippen LogP contribution >= 0.6 is 0 Å². The molecule has 1 saturated carbocycles. The topological polar surface area (TPSA) is 3.24 Å².